The monoisotopic (exact) mass is 274 g/mol. The highest BCUT2D eigenvalue weighted by molar-refractivity contribution is 6.30. The van der Waals surface area contributed by atoms with E-state index < -0.39 is 0 Å². The van der Waals surface area contributed by atoms with Crippen molar-refractivity contribution in [3.05, 3.63) is 64.2 Å². The van der Waals surface area contributed by atoms with Gasteiger partial charge >= 0.3 is 0 Å². The van der Waals surface area contributed by atoms with E-state index >= 15 is 0 Å². The van der Waals surface area contributed by atoms with Crippen LogP contribution in [0.2, 0.25) is 5.02 Å². The maximum atomic E-state index is 7.51. The highest BCUT2D eigenvalue weighted by Gasteiger charge is 2.07. The summed E-state index contributed by atoms with van der Waals surface area (Å²) in [4.78, 5) is 0. The summed E-state index contributed by atoms with van der Waals surface area (Å²) in [7, 11) is 0. The third kappa shape index (κ3) is 3.48. The van der Waals surface area contributed by atoms with Gasteiger partial charge in [0.25, 0.3) is 0 Å². The second-order valence-electron chi connectivity index (χ2n) is 4.33. The summed E-state index contributed by atoms with van der Waals surface area (Å²) in [6, 6.07) is 13.1. The zero-order valence-electron chi connectivity index (χ0n) is 10.6. The quantitative estimate of drug-likeness (QED) is 0.662. The topological polar surface area (TPSA) is 59.1 Å². The molecular weight excluding hydrogens is 260 g/mol. The van der Waals surface area contributed by atoms with E-state index in [2.05, 4.69) is 0 Å². The van der Waals surface area contributed by atoms with Crippen LogP contribution in [-0.4, -0.2) is 5.84 Å². The van der Waals surface area contributed by atoms with Gasteiger partial charge in [0, 0.05) is 5.02 Å². The largest absolute Gasteiger partial charge is 0.488 e. The number of benzene rings is 2. The fourth-order valence-corrected chi connectivity index (χ4v) is 1.85. The van der Waals surface area contributed by atoms with Gasteiger partial charge in [0.1, 0.15) is 18.2 Å². The minimum atomic E-state index is -0.0319. The molecule has 0 saturated heterocycles. The van der Waals surface area contributed by atoms with E-state index in [1.807, 2.05) is 31.2 Å². The lowest BCUT2D eigenvalue weighted by molar-refractivity contribution is 0.305. The van der Waals surface area contributed by atoms with Crippen LogP contribution >= 0.6 is 11.6 Å². The Kier molecular flexibility index (Phi) is 4.07. The molecule has 0 heterocycles. The Morgan fingerprint density at radius 1 is 1.21 bits per heavy atom. The van der Waals surface area contributed by atoms with Crippen LogP contribution in [-0.2, 0) is 6.61 Å². The van der Waals surface area contributed by atoms with Gasteiger partial charge in [-0.3, -0.25) is 5.41 Å². The maximum Gasteiger partial charge on any atom is 0.132 e. The molecule has 2 aromatic carbocycles. The van der Waals surface area contributed by atoms with Gasteiger partial charge in [-0.25, -0.2) is 0 Å². The second kappa shape index (κ2) is 5.76. The number of hydrogen-bond acceptors (Lipinski definition) is 2. The van der Waals surface area contributed by atoms with E-state index in [1.54, 1.807) is 18.2 Å². The van der Waals surface area contributed by atoms with Crippen LogP contribution in [0.1, 0.15) is 16.7 Å². The van der Waals surface area contributed by atoms with Crippen molar-refractivity contribution in [2.24, 2.45) is 5.73 Å². The normalized spacial score (nSPS) is 10.2. The summed E-state index contributed by atoms with van der Waals surface area (Å²) in [6.07, 6.45) is 0. The molecule has 0 saturated carbocycles. The molecule has 98 valence electrons. The van der Waals surface area contributed by atoms with Crippen molar-refractivity contribution >= 4 is 17.4 Å². The van der Waals surface area contributed by atoms with Crippen molar-refractivity contribution in [3.63, 3.8) is 0 Å². The number of nitrogen functional groups attached to an aromatic ring is 1. The Hall–Kier alpha value is -2.00. The number of aryl methyl sites for hydroxylation is 1. The zero-order chi connectivity index (χ0) is 13.8. The zero-order valence-corrected chi connectivity index (χ0v) is 11.4. The van der Waals surface area contributed by atoms with E-state index in [0.717, 1.165) is 5.56 Å². The smallest absolute Gasteiger partial charge is 0.132 e. The molecule has 3 N–H and O–H groups in total. The number of rotatable bonds is 4. The average molecular weight is 275 g/mol. The molecule has 19 heavy (non-hydrogen) atoms. The summed E-state index contributed by atoms with van der Waals surface area (Å²) in [5.41, 5.74) is 8.33. The first kappa shape index (κ1) is 13.4. The molecule has 0 spiro atoms. The van der Waals surface area contributed by atoms with Crippen LogP contribution in [0.3, 0.4) is 0 Å². The van der Waals surface area contributed by atoms with Crippen LogP contribution in [0.4, 0.5) is 0 Å². The average Bonchev–Trinajstić information content (AvgIpc) is 2.38. The first-order chi connectivity index (χ1) is 9.06. The number of nitrogens with one attached hydrogen (secondary N) is 1. The van der Waals surface area contributed by atoms with Gasteiger partial charge in [0.05, 0.1) is 5.56 Å². The van der Waals surface area contributed by atoms with E-state index in [1.165, 1.54) is 5.56 Å². The van der Waals surface area contributed by atoms with E-state index in [9.17, 15) is 0 Å². The second-order valence-corrected chi connectivity index (χ2v) is 4.76. The van der Waals surface area contributed by atoms with E-state index in [-0.39, 0.29) is 5.84 Å². The van der Waals surface area contributed by atoms with Crippen molar-refractivity contribution in [1.29, 1.82) is 5.41 Å². The fourth-order valence-electron chi connectivity index (χ4n) is 1.68. The fraction of sp³-hybridized carbons (Fsp3) is 0.133. The van der Waals surface area contributed by atoms with Crippen molar-refractivity contribution in [1.82, 2.24) is 0 Å². The van der Waals surface area contributed by atoms with Gasteiger partial charge in [-0.15, -0.1) is 0 Å². The summed E-state index contributed by atoms with van der Waals surface area (Å²) >= 11 is 5.93. The molecule has 3 nitrogen and oxygen atoms in total. The lowest BCUT2D eigenvalue weighted by Crippen LogP contribution is -2.13. The van der Waals surface area contributed by atoms with Gasteiger partial charge in [0.2, 0.25) is 0 Å². The molecule has 0 unspecified atom stereocenters. The van der Waals surface area contributed by atoms with Gasteiger partial charge in [-0.05, 0) is 30.7 Å². The van der Waals surface area contributed by atoms with Gasteiger partial charge in [-0.1, -0.05) is 41.4 Å². The predicted octanol–water partition coefficient (Wildman–Crippen LogP) is 3.51. The Labute approximate surface area is 117 Å². The molecule has 0 fully saturated rings. The SMILES string of the molecule is Cc1ccc(COc2cc(Cl)ccc2C(=N)N)cc1. The molecule has 0 aliphatic heterocycles. The number of hydrogen-bond donors (Lipinski definition) is 2. The summed E-state index contributed by atoms with van der Waals surface area (Å²) in [6.45, 7) is 2.45. The van der Waals surface area contributed by atoms with Crippen LogP contribution in [0.15, 0.2) is 42.5 Å². The van der Waals surface area contributed by atoms with Crippen LogP contribution < -0.4 is 10.5 Å². The maximum absolute atomic E-state index is 7.51. The van der Waals surface area contributed by atoms with Gasteiger partial charge in [-0.2, -0.15) is 0 Å². The van der Waals surface area contributed by atoms with Crippen molar-refractivity contribution in [3.8, 4) is 5.75 Å². The van der Waals surface area contributed by atoms with Gasteiger partial charge in [0.15, 0.2) is 0 Å². The predicted molar refractivity (Wildman–Crippen MR) is 78.0 cm³/mol. The Bertz CT molecular complexity index is 594. The third-order valence-electron chi connectivity index (χ3n) is 2.75. The molecule has 2 aromatic rings. The lowest BCUT2D eigenvalue weighted by Gasteiger charge is -2.11. The molecular formula is C15H15ClN2O. The summed E-state index contributed by atoms with van der Waals surface area (Å²) < 4.78 is 5.70. The first-order valence-electron chi connectivity index (χ1n) is 5.88. The minimum Gasteiger partial charge on any atom is -0.488 e. The standard InChI is InChI=1S/C15H15ClN2O/c1-10-2-4-11(5-3-10)9-19-14-8-12(16)6-7-13(14)15(17)18/h2-8H,9H2,1H3,(H3,17,18). The van der Waals surface area contributed by atoms with Crippen molar-refractivity contribution in [2.75, 3.05) is 0 Å². The number of nitrogens with two attached hydrogens (primary N) is 1. The van der Waals surface area contributed by atoms with Crippen LogP contribution in [0.25, 0.3) is 0 Å². The van der Waals surface area contributed by atoms with Crippen molar-refractivity contribution < 1.29 is 4.74 Å². The molecule has 0 atom stereocenters. The molecule has 2 rings (SSSR count). The molecule has 0 amide bonds. The number of halogens is 1. The molecule has 0 aliphatic rings. The number of amidine groups is 1. The van der Waals surface area contributed by atoms with E-state index in [0.29, 0.717) is 22.9 Å². The Morgan fingerprint density at radius 3 is 2.53 bits per heavy atom. The summed E-state index contributed by atoms with van der Waals surface area (Å²) in [5, 5.41) is 8.07. The highest BCUT2D eigenvalue weighted by Crippen LogP contribution is 2.24. The first-order valence-corrected chi connectivity index (χ1v) is 6.26. The summed E-state index contributed by atoms with van der Waals surface area (Å²) in [5.74, 6) is 0.496. The lowest BCUT2D eigenvalue weighted by atomic mass is 10.1. The third-order valence-corrected chi connectivity index (χ3v) is 2.98. The van der Waals surface area contributed by atoms with Crippen LogP contribution in [0.5, 0.6) is 5.75 Å². The Balaban J connectivity index is 2.16. The minimum absolute atomic E-state index is 0.0319. The molecule has 0 aromatic heterocycles. The van der Waals surface area contributed by atoms with Crippen LogP contribution in [0, 0.1) is 12.3 Å². The van der Waals surface area contributed by atoms with Crippen molar-refractivity contribution in [2.45, 2.75) is 13.5 Å². The van der Waals surface area contributed by atoms with Gasteiger partial charge < -0.3 is 10.5 Å². The molecule has 4 heteroatoms. The molecule has 0 aliphatic carbocycles. The molecule has 0 radical (unpaired) electrons. The van der Waals surface area contributed by atoms with E-state index in [4.69, 9.17) is 27.5 Å². The Morgan fingerprint density at radius 2 is 1.89 bits per heavy atom. The number of ether oxygens (including phenoxy) is 1. The molecule has 0 bridgehead atoms. The highest BCUT2D eigenvalue weighted by atomic mass is 35.5.